The molecule has 1 heterocycles. The molecule has 0 saturated carbocycles. The summed E-state index contributed by atoms with van der Waals surface area (Å²) in [5.41, 5.74) is 6.80. The molecule has 0 fully saturated rings. The highest BCUT2D eigenvalue weighted by atomic mass is 19.1. The summed E-state index contributed by atoms with van der Waals surface area (Å²) in [4.78, 5) is 4.04. The van der Waals surface area contributed by atoms with Crippen molar-refractivity contribution in [2.75, 3.05) is 5.73 Å². The first-order chi connectivity index (χ1) is 10.1. The van der Waals surface area contributed by atoms with Crippen LogP contribution in [0.25, 0.3) is 22.8 Å². The monoisotopic (exact) mass is 287 g/mol. The average molecular weight is 287 g/mol. The maximum atomic E-state index is 14.0. The number of rotatable bonds is 2. The maximum Gasteiger partial charge on any atom is 0.264 e. The van der Waals surface area contributed by atoms with Crippen LogP contribution in [0.15, 0.2) is 40.9 Å². The minimum Gasteiger partial charge on any atom is -0.399 e. The third kappa shape index (κ3) is 2.35. The van der Waals surface area contributed by atoms with Gasteiger partial charge < -0.3 is 10.3 Å². The molecule has 0 aliphatic heterocycles. The van der Waals surface area contributed by atoms with Crippen LogP contribution in [0.2, 0.25) is 0 Å². The van der Waals surface area contributed by atoms with Crippen LogP contribution in [-0.4, -0.2) is 10.1 Å². The van der Waals surface area contributed by atoms with Crippen LogP contribution in [0.3, 0.4) is 0 Å². The van der Waals surface area contributed by atoms with Gasteiger partial charge in [0.25, 0.3) is 5.89 Å². The Labute approximate surface area is 119 Å². The minimum absolute atomic E-state index is 0.203. The van der Waals surface area contributed by atoms with Gasteiger partial charge in [-0.15, -0.1) is 0 Å². The fraction of sp³-hybridized carbons (Fsp3) is 0.0667. The van der Waals surface area contributed by atoms with Crippen LogP contribution in [0, 0.1) is 18.6 Å². The zero-order chi connectivity index (χ0) is 15.0. The Bertz CT molecular complexity index is 814. The lowest BCUT2D eigenvalue weighted by Crippen LogP contribution is -1.93. The summed E-state index contributed by atoms with van der Waals surface area (Å²) >= 11 is 0. The van der Waals surface area contributed by atoms with Crippen LogP contribution >= 0.6 is 0 Å². The molecular formula is C15H11F2N3O. The molecule has 106 valence electrons. The zero-order valence-corrected chi connectivity index (χ0v) is 11.1. The molecule has 6 heteroatoms. The second-order valence-electron chi connectivity index (χ2n) is 4.60. The largest absolute Gasteiger partial charge is 0.399 e. The van der Waals surface area contributed by atoms with Gasteiger partial charge in [0.05, 0.1) is 0 Å². The number of aromatic nitrogens is 2. The third-order valence-corrected chi connectivity index (χ3v) is 3.07. The molecule has 3 aromatic rings. The molecule has 0 spiro atoms. The topological polar surface area (TPSA) is 64.9 Å². The van der Waals surface area contributed by atoms with E-state index >= 15 is 0 Å². The van der Waals surface area contributed by atoms with Crippen molar-refractivity contribution in [2.24, 2.45) is 0 Å². The number of aryl methyl sites for hydroxylation is 1. The molecule has 2 N–H and O–H groups in total. The molecule has 3 rings (SSSR count). The number of hydrogen-bond acceptors (Lipinski definition) is 4. The highest BCUT2D eigenvalue weighted by molar-refractivity contribution is 5.64. The fourth-order valence-electron chi connectivity index (χ4n) is 1.97. The number of anilines is 1. The lowest BCUT2D eigenvalue weighted by Gasteiger charge is -2.02. The highest BCUT2D eigenvalue weighted by Gasteiger charge is 2.20. The molecule has 0 aliphatic carbocycles. The van der Waals surface area contributed by atoms with Crippen molar-refractivity contribution in [1.29, 1.82) is 0 Å². The van der Waals surface area contributed by atoms with Gasteiger partial charge in [0.15, 0.2) is 0 Å². The number of nitrogen functional groups attached to an aromatic ring is 1. The van der Waals surface area contributed by atoms with Crippen molar-refractivity contribution >= 4 is 5.69 Å². The Morgan fingerprint density at radius 3 is 2.71 bits per heavy atom. The molecule has 0 aliphatic rings. The normalized spacial score (nSPS) is 10.8. The second kappa shape index (κ2) is 4.97. The highest BCUT2D eigenvalue weighted by Crippen LogP contribution is 2.28. The number of benzene rings is 2. The average Bonchev–Trinajstić information content (AvgIpc) is 2.93. The predicted molar refractivity (Wildman–Crippen MR) is 74.2 cm³/mol. The van der Waals surface area contributed by atoms with E-state index in [1.54, 1.807) is 24.3 Å². The van der Waals surface area contributed by atoms with Crippen LogP contribution < -0.4 is 5.73 Å². The van der Waals surface area contributed by atoms with Crippen LogP contribution in [0.1, 0.15) is 5.56 Å². The van der Waals surface area contributed by atoms with Gasteiger partial charge in [-0.3, -0.25) is 0 Å². The minimum atomic E-state index is -0.749. The van der Waals surface area contributed by atoms with E-state index in [-0.39, 0.29) is 17.3 Å². The van der Waals surface area contributed by atoms with Gasteiger partial charge in [-0.25, -0.2) is 8.78 Å². The van der Waals surface area contributed by atoms with Gasteiger partial charge in [0, 0.05) is 11.3 Å². The van der Waals surface area contributed by atoms with Gasteiger partial charge in [0.1, 0.15) is 17.2 Å². The summed E-state index contributed by atoms with van der Waals surface area (Å²) in [6, 6.07) is 9.34. The van der Waals surface area contributed by atoms with Gasteiger partial charge in [0.2, 0.25) is 5.82 Å². The molecule has 4 nitrogen and oxygen atoms in total. The zero-order valence-electron chi connectivity index (χ0n) is 11.1. The molecule has 21 heavy (non-hydrogen) atoms. The third-order valence-electron chi connectivity index (χ3n) is 3.07. The summed E-state index contributed by atoms with van der Waals surface area (Å²) < 4.78 is 32.8. The quantitative estimate of drug-likeness (QED) is 0.732. The summed E-state index contributed by atoms with van der Waals surface area (Å²) in [5.74, 6) is -1.44. The Morgan fingerprint density at radius 1 is 1.14 bits per heavy atom. The molecule has 0 bridgehead atoms. The van der Waals surface area contributed by atoms with Crippen molar-refractivity contribution < 1.29 is 13.3 Å². The lowest BCUT2D eigenvalue weighted by molar-refractivity contribution is 0.426. The predicted octanol–water partition coefficient (Wildman–Crippen LogP) is 3.57. The van der Waals surface area contributed by atoms with E-state index in [0.717, 1.165) is 6.07 Å². The molecule has 0 radical (unpaired) electrons. The van der Waals surface area contributed by atoms with Crippen LogP contribution in [0.4, 0.5) is 14.5 Å². The smallest absolute Gasteiger partial charge is 0.264 e. The van der Waals surface area contributed by atoms with Gasteiger partial charge in [-0.1, -0.05) is 23.4 Å². The Hall–Kier alpha value is -2.76. The van der Waals surface area contributed by atoms with E-state index in [1.807, 2.05) is 0 Å². The summed E-state index contributed by atoms with van der Waals surface area (Å²) in [6.07, 6.45) is 0. The molecule has 2 aromatic carbocycles. The maximum absolute atomic E-state index is 14.0. The Kier molecular flexibility index (Phi) is 3.13. The number of nitrogens with two attached hydrogens (primary N) is 1. The van der Waals surface area contributed by atoms with Crippen molar-refractivity contribution in [3.8, 4) is 22.8 Å². The Balaban J connectivity index is 2.09. The van der Waals surface area contributed by atoms with E-state index in [2.05, 4.69) is 10.1 Å². The molecule has 0 atom stereocenters. The van der Waals surface area contributed by atoms with Crippen LogP contribution in [0.5, 0.6) is 0 Å². The fourth-order valence-corrected chi connectivity index (χ4v) is 1.97. The lowest BCUT2D eigenvalue weighted by atomic mass is 10.1. The van der Waals surface area contributed by atoms with E-state index < -0.39 is 11.6 Å². The second-order valence-corrected chi connectivity index (χ2v) is 4.60. The van der Waals surface area contributed by atoms with E-state index in [0.29, 0.717) is 16.8 Å². The number of halogens is 2. The first-order valence-electron chi connectivity index (χ1n) is 6.21. The molecular weight excluding hydrogens is 276 g/mol. The van der Waals surface area contributed by atoms with E-state index in [9.17, 15) is 8.78 Å². The SMILES string of the molecule is Cc1ccc(F)c(-c2nc(-c3cccc(N)c3)no2)c1F. The van der Waals surface area contributed by atoms with Gasteiger partial charge in [-0.2, -0.15) is 4.98 Å². The summed E-state index contributed by atoms with van der Waals surface area (Å²) in [7, 11) is 0. The first-order valence-corrected chi connectivity index (χ1v) is 6.21. The summed E-state index contributed by atoms with van der Waals surface area (Å²) in [5, 5.41) is 3.74. The van der Waals surface area contributed by atoms with E-state index in [4.69, 9.17) is 10.3 Å². The number of nitrogens with zero attached hydrogens (tertiary/aromatic N) is 2. The molecule has 0 saturated heterocycles. The Morgan fingerprint density at radius 2 is 1.95 bits per heavy atom. The van der Waals surface area contributed by atoms with Crippen molar-refractivity contribution in [2.45, 2.75) is 6.92 Å². The molecule has 1 aromatic heterocycles. The molecule has 0 unspecified atom stereocenters. The van der Waals surface area contributed by atoms with Crippen molar-refractivity contribution in [1.82, 2.24) is 10.1 Å². The summed E-state index contributed by atoms with van der Waals surface area (Å²) in [6.45, 7) is 1.54. The van der Waals surface area contributed by atoms with Gasteiger partial charge >= 0.3 is 0 Å². The van der Waals surface area contributed by atoms with Crippen molar-refractivity contribution in [3.05, 3.63) is 53.6 Å². The van der Waals surface area contributed by atoms with E-state index in [1.165, 1.54) is 13.0 Å². The van der Waals surface area contributed by atoms with Crippen LogP contribution in [-0.2, 0) is 0 Å². The molecule has 0 amide bonds. The van der Waals surface area contributed by atoms with Gasteiger partial charge in [-0.05, 0) is 30.7 Å². The number of hydrogen-bond donors (Lipinski definition) is 1. The standard InChI is InChI=1S/C15H11F2N3O/c1-8-5-6-11(16)12(13(8)17)15-19-14(20-21-15)9-3-2-4-10(18)7-9/h2-7H,18H2,1H3. The van der Waals surface area contributed by atoms with Crippen molar-refractivity contribution in [3.63, 3.8) is 0 Å². The first kappa shape index (κ1) is 13.2.